The number of halogens is 1. The molecule has 0 spiro atoms. The third kappa shape index (κ3) is 6.06. The van der Waals surface area contributed by atoms with Crippen molar-refractivity contribution in [3.05, 3.63) is 89.7 Å². The number of anilines is 1. The second-order valence-corrected chi connectivity index (χ2v) is 7.10. The summed E-state index contributed by atoms with van der Waals surface area (Å²) < 4.78 is 25.0. The predicted octanol–water partition coefficient (Wildman–Crippen LogP) is 3.07. The predicted molar refractivity (Wildman–Crippen MR) is 114 cm³/mol. The van der Waals surface area contributed by atoms with E-state index in [2.05, 4.69) is 5.32 Å². The molecule has 0 aromatic heterocycles. The van der Waals surface area contributed by atoms with E-state index in [0.717, 1.165) is 16.0 Å². The minimum Gasteiger partial charge on any atom is -0.493 e. The molecule has 0 heterocycles. The van der Waals surface area contributed by atoms with E-state index in [0.29, 0.717) is 24.7 Å². The summed E-state index contributed by atoms with van der Waals surface area (Å²) in [7, 11) is 3.51. The zero-order valence-corrected chi connectivity index (χ0v) is 17.2. The fourth-order valence-corrected chi connectivity index (χ4v) is 3.12. The van der Waals surface area contributed by atoms with E-state index < -0.39 is 5.82 Å². The number of carbonyl (C=O) groups is 1. The van der Waals surface area contributed by atoms with Crippen LogP contribution in [0.1, 0.15) is 11.1 Å². The lowest BCUT2D eigenvalue weighted by Gasteiger charge is -2.16. The van der Waals surface area contributed by atoms with Crippen LogP contribution in [0.5, 0.6) is 11.5 Å². The monoisotopic (exact) mass is 409 g/mol. The molecule has 1 amide bonds. The summed E-state index contributed by atoms with van der Waals surface area (Å²) in [6.45, 7) is 1.28. The van der Waals surface area contributed by atoms with Gasteiger partial charge in [0, 0.05) is 5.56 Å². The zero-order valence-electron chi connectivity index (χ0n) is 17.2. The van der Waals surface area contributed by atoms with E-state index in [-0.39, 0.29) is 18.1 Å². The van der Waals surface area contributed by atoms with Crippen molar-refractivity contribution in [2.45, 2.75) is 13.2 Å². The summed E-state index contributed by atoms with van der Waals surface area (Å²) in [5.74, 6) is 0.624. The topological polar surface area (TPSA) is 52.0 Å². The SMILES string of the molecule is COc1cc(C[NH+](C)CC(=O)Nc2ccccc2F)ccc1OCc1ccccc1. The first-order valence-corrected chi connectivity index (χ1v) is 9.74. The van der Waals surface area contributed by atoms with E-state index in [4.69, 9.17) is 9.47 Å². The Morgan fingerprint density at radius 2 is 1.70 bits per heavy atom. The maximum atomic E-state index is 13.7. The van der Waals surface area contributed by atoms with E-state index in [1.807, 2.05) is 55.6 Å². The number of hydrogen-bond donors (Lipinski definition) is 2. The highest BCUT2D eigenvalue weighted by atomic mass is 19.1. The van der Waals surface area contributed by atoms with Crippen LogP contribution in [0.25, 0.3) is 0 Å². The molecule has 1 unspecified atom stereocenters. The Kier molecular flexibility index (Phi) is 7.40. The van der Waals surface area contributed by atoms with Gasteiger partial charge in [0.25, 0.3) is 5.91 Å². The van der Waals surface area contributed by atoms with Crippen molar-refractivity contribution >= 4 is 11.6 Å². The van der Waals surface area contributed by atoms with Crippen molar-refractivity contribution in [1.82, 2.24) is 0 Å². The number of hydrogen-bond acceptors (Lipinski definition) is 3. The first-order valence-electron chi connectivity index (χ1n) is 9.74. The highest BCUT2D eigenvalue weighted by Crippen LogP contribution is 2.28. The molecule has 3 rings (SSSR count). The molecule has 0 aliphatic heterocycles. The summed E-state index contributed by atoms with van der Waals surface area (Å²) in [6, 6.07) is 21.8. The highest BCUT2D eigenvalue weighted by molar-refractivity contribution is 5.91. The van der Waals surface area contributed by atoms with Crippen LogP contribution < -0.4 is 19.7 Å². The quantitative estimate of drug-likeness (QED) is 0.571. The Bertz CT molecular complexity index is 979. The molecule has 3 aromatic carbocycles. The second-order valence-electron chi connectivity index (χ2n) is 7.10. The van der Waals surface area contributed by atoms with Gasteiger partial charge in [0.05, 0.1) is 19.8 Å². The molecular formula is C24H26FN2O3+. The molecule has 6 heteroatoms. The first kappa shape index (κ1) is 21.3. The Balaban J connectivity index is 1.56. The number of carbonyl (C=O) groups excluding carboxylic acids is 1. The van der Waals surface area contributed by atoms with Gasteiger partial charge in [0.1, 0.15) is 19.0 Å². The van der Waals surface area contributed by atoms with Gasteiger partial charge in [-0.05, 0) is 35.9 Å². The van der Waals surface area contributed by atoms with Crippen LogP contribution in [0.15, 0.2) is 72.8 Å². The summed E-state index contributed by atoms with van der Waals surface area (Å²) in [6.07, 6.45) is 0. The van der Waals surface area contributed by atoms with Gasteiger partial charge < -0.3 is 19.7 Å². The molecule has 1 atom stereocenters. The minimum atomic E-state index is -0.445. The lowest BCUT2D eigenvalue weighted by Crippen LogP contribution is -3.08. The average molecular weight is 409 g/mol. The van der Waals surface area contributed by atoms with Gasteiger partial charge in [0.15, 0.2) is 18.0 Å². The molecular weight excluding hydrogens is 383 g/mol. The Morgan fingerprint density at radius 3 is 2.43 bits per heavy atom. The summed E-state index contributed by atoms with van der Waals surface area (Å²) in [4.78, 5) is 13.2. The van der Waals surface area contributed by atoms with Crippen molar-refractivity contribution in [3.63, 3.8) is 0 Å². The number of likely N-dealkylation sites (N-methyl/N-ethyl adjacent to an activating group) is 1. The lowest BCUT2D eigenvalue weighted by molar-refractivity contribution is -0.885. The molecule has 0 saturated carbocycles. The van der Waals surface area contributed by atoms with Crippen LogP contribution in [-0.4, -0.2) is 26.6 Å². The van der Waals surface area contributed by atoms with Gasteiger partial charge in [-0.3, -0.25) is 4.79 Å². The average Bonchev–Trinajstić information content (AvgIpc) is 2.75. The summed E-state index contributed by atoms with van der Waals surface area (Å²) in [5.41, 5.74) is 2.28. The molecule has 30 heavy (non-hydrogen) atoms. The third-order valence-corrected chi connectivity index (χ3v) is 4.58. The summed E-state index contributed by atoms with van der Waals surface area (Å²) in [5, 5.41) is 2.61. The number of nitrogens with one attached hydrogen (secondary N) is 2. The largest absolute Gasteiger partial charge is 0.493 e. The van der Waals surface area contributed by atoms with Gasteiger partial charge in [-0.15, -0.1) is 0 Å². The number of para-hydroxylation sites is 1. The molecule has 3 aromatic rings. The fraction of sp³-hybridized carbons (Fsp3) is 0.208. The van der Waals surface area contributed by atoms with E-state index in [1.54, 1.807) is 25.3 Å². The van der Waals surface area contributed by atoms with Crippen LogP contribution in [0.3, 0.4) is 0 Å². The van der Waals surface area contributed by atoms with Crippen LogP contribution in [0.4, 0.5) is 10.1 Å². The minimum absolute atomic E-state index is 0.192. The highest BCUT2D eigenvalue weighted by Gasteiger charge is 2.14. The van der Waals surface area contributed by atoms with E-state index in [9.17, 15) is 9.18 Å². The van der Waals surface area contributed by atoms with Crippen LogP contribution >= 0.6 is 0 Å². The molecule has 0 radical (unpaired) electrons. The van der Waals surface area contributed by atoms with Crippen LogP contribution in [-0.2, 0) is 17.9 Å². The van der Waals surface area contributed by atoms with Crippen molar-refractivity contribution in [1.29, 1.82) is 0 Å². The first-order chi connectivity index (χ1) is 14.5. The van der Waals surface area contributed by atoms with Crippen molar-refractivity contribution in [2.75, 3.05) is 26.0 Å². The Labute approximate surface area is 176 Å². The van der Waals surface area contributed by atoms with E-state index >= 15 is 0 Å². The second kappa shape index (κ2) is 10.4. The zero-order chi connectivity index (χ0) is 21.3. The standard InChI is InChI=1S/C24H25FN2O3/c1-27(16-24(28)26-21-11-7-6-10-20(21)25)15-19-12-13-22(23(14-19)29-2)30-17-18-8-4-3-5-9-18/h3-14H,15-17H2,1-2H3,(H,26,28)/p+1. The molecule has 0 saturated heterocycles. The van der Waals surface area contributed by atoms with Crippen LogP contribution in [0.2, 0.25) is 0 Å². The smallest absolute Gasteiger partial charge is 0.279 e. The summed E-state index contributed by atoms with van der Waals surface area (Å²) >= 11 is 0. The van der Waals surface area contributed by atoms with Crippen LogP contribution in [0, 0.1) is 5.82 Å². The van der Waals surface area contributed by atoms with Crippen molar-refractivity contribution in [2.24, 2.45) is 0 Å². The molecule has 0 aliphatic rings. The number of benzene rings is 3. The third-order valence-electron chi connectivity index (χ3n) is 4.58. The molecule has 5 nitrogen and oxygen atoms in total. The molecule has 0 fully saturated rings. The Morgan fingerprint density at radius 1 is 0.967 bits per heavy atom. The van der Waals surface area contributed by atoms with E-state index in [1.165, 1.54) is 6.07 Å². The molecule has 2 N–H and O–H groups in total. The lowest BCUT2D eigenvalue weighted by atomic mass is 10.2. The van der Waals surface area contributed by atoms with Crippen molar-refractivity contribution in [3.8, 4) is 11.5 Å². The fourth-order valence-electron chi connectivity index (χ4n) is 3.12. The molecule has 0 aliphatic carbocycles. The number of methoxy groups -OCH3 is 1. The van der Waals surface area contributed by atoms with Crippen molar-refractivity contribution < 1.29 is 23.6 Å². The number of amides is 1. The normalized spacial score (nSPS) is 11.6. The number of ether oxygens (including phenoxy) is 2. The molecule has 0 bridgehead atoms. The number of quaternary nitrogens is 1. The van der Waals surface area contributed by atoms with Gasteiger partial charge in [0.2, 0.25) is 0 Å². The van der Waals surface area contributed by atoms with Gasteiger partial charge in [-0.25, -0.2) is 4.39 Å². The number of rotatable bonds is 9. The van der Waals surface area contributed by atoms with Gasteiger partial charge >= 0.3 is 0 Å². The van der Waals surface area contributed by atoms with Gasteiger partial charge in [-0.2, -0.15) is 0 Å². The molecule has 156 valence electrons. The maximum Gasteiger partial charge on any atom is 0.279 e. The Hall–Kier alpha value is -3.38. The maximum absolute atomic E-state index is 13.7. The van der Waals surface area contributed by atoms with Gasteiger partial charge in [-0.1, -0.05) is 42.5 Å².